The minimum absolute atomic E-state index is 0.177. The molecule has 0 saturated carbocycles. The third kappa shape index (κ3) is 4.74. The Morgan fingerprint density at radius 3 is 2.67 bits per heavy atom. The molecule has 6 heteroatoms. The number of piperazine rings is 1. The Hall–Kier alpha value is -1.56. The van der Waals surface area contributed by atoms with E-state index in [1.54, 1.807) is 6.20 Å². The molecule has 6 nitrogen and oxygen atoms in total. The lowest BCUT2D eigenvalue weighted by atomic mass is 10.2. The second kappa shape index (κ2) is 6.47. The lowest BCUT2D eigenvalue weighted by Gasteiger charge is -2.40. The van der Waals surface area contributed by atoms with E-state index in [1.165, 1.54) is 0 Å². The summed E-state index contributed by atoms with van der Waals surface area (Å²) in [5, 5.41) is 0. The summed E-state index contributed by atoms with van der Waals surface area (Å²) in [6, 6.07) is 0.177. The van der Waals surface area contributed by atoms with Gasteiger partial charge in [0.2, 0.25) is 0 Å². The van der Waals surface area contributed by atoms with Crippen LogP contribution < -0.4 is 0 Å². The van der Waals surface area contributed by atoms with Crippen molar-refractivity contribution in [1.29, 1.82) is 0 Å². The SMILES string of the molecule is C[C@@H]1CN(CCn2ccnc2)CCN1C(=O)OC(C)(C)C. The fourth-order valence-electron chi connectivity index (χ4n) is 2.50. The smallest absolute Gasteiger partial charge is 0.410 e. The average Bonchev–Trinajstić information content (AvgIpc) is 2.87. The lowest BCUT2D eigenvalue weighted by molar-refractivity contribution is 0.00117. The summed E-state index contributed by atoms with van der Waals surface area (Å²) in [4.78, 5) is 20.4. The third-order valence-electron chi connectivity index (χ3n) is 3.57. The van der Waals surface area contributed by atoms with E-state index in [1.807, 2.05) is 38.2 Å². The maximum atomic E-state index is 12.1. The quantitative estimate of drug-likeness (QED) is 0.853. The number of rotatable bonds is 3. The Bertz CT molecular complexity index is 453. The van der Waals surface area contributed by atoms with Crippen LogP contribution in [0.3, 0.4) is 0 Å². The van der Waals surface area contributed by atoms with Crippen molar-refractivity contribution >= 4 is 6.09 Å². The highest BCUT2D eigenvalue weighted by Crippen LogP contribution is 2.15. The molecule has 21 heavy (non-hydrogen) atoms. The van der Waals surface area contributed by atoms with Gasteiger partial charge in [-0.1, -0.05) is 0 Å². The van der Waals surface area contributed by atoms with Crippen LogP contribution >= 0.6 is 0 Å². The minimum Gasteiger partial charge on any atom is -0.444 e. The molecule has 0 aromatic carbocycles. The van der Waals surface area contributed by atoms with Gasteiger partial charge in [0, 0.05) is 51.2 Å². The number of carbonyl (C=O) groups excluding carboxylic acids is 1. The zero-order valence-corrected chi connectivity index (χ0v) is 13.5. The van der Waals surface area contributed by atoms with E-state index in [0.29, 0.717) is 0 Å². The maximum absolute atomic E-state index is 12.1. The molecule has 2 rings (SSSR count). The molecule has 0 N–H and O–H groups in total. The van der Waals surface area contributed by atoms with Crippen LogP contribution in [0.2, 0.25) is 0 Å². The highest BCUT2D eigenvalue weighted by Gasteiger charge is 2.30. The van der Waals surface area contributed by atoms with Gasteiger partial charge < -0.3 is 14.2 Å². The van der Waals surface area contributed by atoms with Crippen LogP contribution in [0.4, 0.5) is 4.79 Å². The summed E-state index contributed by atoms with van der Waals surface area (Å²) in [6.07, 6.45) is 5.40. The molecule has 0 unspecified atom stereocenters. The van der Waals surface area contributed by atoms with E-state index >= 15 is 0 Å². The van der Waals surface area contributed by atoms with Gasteiger partial charge in [-0.3, -0.25) is 4.90 Å². The monoisotopic (exact) mass is 294 g/mol. The Morgan fingerprint density at radius 1 is 1.33 bits per heavy atom. The van der Waals surface area contributed by atoms with Crippen molar-refractivity contribution < 1.29 is 9.53 Å². The Labute approximate surface area is 126 Å². The van der Waals surface area contributed by atoms with Crippen molar-refractivity contribution in [2.75, 3.05) is 26.2 Å². The number of imidazole rings is 1. The molecule has 1 saturated heterocycles. The van der Waals surface area contributed by atoms with Gasteiger partial charge >= 0.3 is 6.09 Å². The maximum Gasteiger partial charge on any atom is 0.410 e. The van der Waals surface area contributed by atoms with Crippen LogP contribution in [0, 0.1) is 0 Å². The number of nitrogens with zero attached hydrogens (tertiary/aromatic N) is 4. The summed E-state index contributed by atoms with van der Waals surface area (Å²) in [6.45, 7) is 12.2. The number of aromatic nitrogens is 2. The molecule has 0 spiro atoms. The van der Waals surface area contributed by atoms with E-state index in [2.05, 4.69) is 21.4 Å². The van der Waals surface area contributed by atoms with Gasteiger partial charge in [-0.05, 0) is 27.7 Å². The van der Waals surface area contributed by atoms with E-state index in [-0.39, 0.29) is 12.1 Å². The normalized spacial score (nSPS) is 20.6. The highest BCUT2D eigenvalue weighted by atomic mass is 16.6. The zero-order chi connectivity index (χ0) is 15.5. The summed E-state index contributed by atoms with van der Waals surface area (Å²) in [5.41, 5.74) is -0.435. The topological polar surface area (TPSA) is 50.6 Å². The molecule has 1 fully saturated rings. The van der Waals surface area contributed by atoms with Crippen molar-refractivity contribution in [1.82, 2.24) is 19.4 Å². The van der Waals surface area contributed by atoms with E-state index in [0.717, 1.165) is 32.7 Å². The molecule has 1 aromatic heterocycles. The summed E-state index contributed by atoms with van der Waals surface area (Å²) in [7, 11) is 0. The van der Waals surface area contributed by atoms with Crippen LogP contribution in [0.15, 0.2) is 18.7 Å². The molecule has 1 atom stereocenters. The molecule has 1 aliphatic heterocycles. The summed E-state index contributed by atoms with van der Waals surface area (Å²) < 4.78 is 7.53. The molecule has 1 amide bonds. The van der Waals surface area contributed by atoms with Gasteiger partial charge in [0.15, 0.2) is 0 Å². The van der Waals surface area contributed by atoms with Crippen LogP contribution in [0.1, 0.15) is 27.7 Å². The first-order valence-corrected chi connectivity index (χ1v) is 7.53. The number of carbonyl (C=O) groups is 1. The first-order chi connectivity index (χ1) is 9.85. The molecule has 0 aliphatic carbocycles. The van der Waals surface area contributed by atoms with Gasteiger partial charge in [0.25, 0.3) is 0 Å². The van der Waals surface area contributed by atoms with Gasteiger partial charge in [0.05, 0.1) is 6.33 Å². The predicted molar refractivity (Wildman–Crippen MR) is 81.1 cm³/mol. The Balaban J connectivity index is 1.80. The third-order valence-corrected chi connectivity index (χ3v) is 3.57. The Kier molecular flexibility index (Phi) is 4.88. The second-order valence-corrected chi connectivity index (χ2v) is 6.62. The molecule has 0 radical (unpaired) electrons. The van der Waals surface area contributed by atoms with Crippen molar-refractivity contribution in [3.05, 3.63) is 18.7 Å². The molecule has 1 aromatic rings. The molecule has 118 valence electrons. The largest absolute Gasteiger partial charge is 0.444 e. The molecular weight excluding hydrogens is 268 g/mol. The number of amides is 1. The average molecular weight is 294 g/mol. The molecule has 2 heterocycles. The van der Waals surface area contributed by atoms with Crippen LogP contribution in [0.25, 0.3) is 0 Å². The van der Waals surface area contributed by atoms with Crippen LogP contribution in [-0.2, 0) is 11.3 Å². The van der Waals surface area contributed by atoms with E-state index in [4.69, 9.17) is 4.74 Å². The van der Waals surface area contributed by atoms with Crippen molar-refractivity contribution in [3.63, 3.8) is 0 Å². The fourth-order valence-corrected chi connectivity index (χ4v) is 2.50. The molecule has 1 aliphatic rings. The zero-order valence-electron chi connectivity index (χ0n) is 13.5. The van der Waals surface area contributed by atoms with Gasteiger partial charge in [-0.15, -0.1) is 0 Å². The molecular formula is C15H26N4O2. The van der Waals surface area contributed by atoms with E-state index < -0.39 is 5.60 Å². The minimum atomic E-state index is -0.435. The first kappa shape index (κ1) is 15.8. The Morgan fingerprint density at radius 2 is 2.10 bits per heavy atom. The van der Waals surface area contributed by atoms with Crippen LogP contribution in [0.5, 0.6) is 0 Å². The number of hydrogen-bond donors (Lipinski definition) is 0. The second-order valence-electron chi connectivity index (χ2n) is 6.62. The summed E-state index contributed by atoms with van der Waals surface area (Å²) >= 11 is 0. The van der Waals surface area contributed by atoms with E-state index in [9.17, 15) is 4.79 Å². The number of hydrogen-bond acceptors (Lipinski definition) is 4. The van der Waals surface area contributed by atoms with Crippen LogP contribution in [-0.4, -0.2) is 63.3 Å². The summed E-state index contributed by atoms with van der Waals surface area (Å²) in [5.74, 6) is 0. The highest BCUT2D eigenvalue weighted by molar-refractivity contribution is 5.68. The van der Waals surface area contributed by atoms with Crippen molar-refractivity contribution in [3.8, 4) is 0 Å². The van der Waals surface area contributed by atoms with Gasteiger partial charge in [-0.25, -0.2) is 9.78 Å². The number of ether oxygens (including phenoxy) is 1. The van der Waals surface area contributed by atoms with Crippen molar-refractivity contribution in [2.24, 2.45) is 0 Å². The van der Waals surface area contributed by atoms with Crippen molar-refractivity contribution in [2.45, 2.75) is 45.9 Å². The standard InChI is InChI=1S/C15H26N4O2/c1-13-11-17(7-8-18-6-5-16-12-18)9-10-19(13)14(20)21-15(2,3)4/h5-6,12-13H,7-11H2,1-4H3/t13-/m1/s1. The van der Waals surface area contributed by atoms with Gasteiger partial charge in [0.1, 0.15) is 5.60 Å². The predicted octanol–water partition coefficient (Wildman–Crippen LogP) is 1.82. The fraction of sp³-hybridized carbons (Fsp3) is 0.733. The molecule has 0 bridgehead atoms. The first-order valence-electron chi connectivity index (χ1n) is 7.53. The van der Waals surface area contributed by atoms with Gasteiger partial charge in [-0.2, -0.15) is 0 Å². The lowest BCUT2D eigenvalue weighted by Crippen LogP contribution is -2.55.